The summed E-state index contributed by atoms with van der Waals surface area (Å²) < 4.78 is 23.7. The Hall–Kier alpha value is -0.720. The number of nitrogens with two attached hydrogens (primary N) is 1. The van der Waals surface area contributed by atoms with Crippen molar-refractivity contribution in [3.63, 3.8) is 0 Å². The molecule has 0 heterocycles. The van der Waals surface area contributed by atoms with Crippen molar-refractivity contribution in [3.8, 4) is 0 Å². The highest BCUT2D eigenvalue weighted by molar-refractivity contribution is 6.30. The van der Waals surface area contributed by atoms with Crippen LogP contribution in [0.15, 0.2) is 18.2 Å². The molecule has 4 nitrogen and oxygen atoms in total. The van der Waals surface area contributed by atoms with Gasteiger partial charge in [0.05, 0.1) is 6.04 Å². The van der Waals surface area contributed by atoms with Gasteiger partial charge in [0.1, 0.15) is 5.82 Å². The van der Waals surface area contributed by atoms with Gasteiger partial charge in [-0.1, -0.05) is 11.6 Å². The average molecular weight is 263 g/mol. The first kappa shape index (κ1) is 14.3. The molecule has 0 spiro atoms. The first-order valence-corrected chi connectivity index (χ1v) is 5.45. The topological polar surface area (TPSA) is 56.5 Å². The molecule has 0 saturated carbocycles. The van der Waals surface area contributed by atoms with Gasteiger partial charge in [-0.15, -0.1) is 0 Å². The lowest BCUT2D eigenvalue weighted by molar-refractivity contribution is -0.122. The number of benzene rings is 1. The minimum atomic E-state index is -0.557. The van der Waals surface area contributed by atoms with Crippen molar-refractivity contribution in [2.24, 2.45) is 5.84 Å². The lowest BCUT2D eigenvalue weighted by atomic mass is 10.1. The van der Waals surface area contributed by atoms with E-state index in [2.05, 4.69) is 5.43 Å². The minimum absolute atomic E-state index is 0.315. The highest BCUT2D eigenvalue weighted by Crippen LogP contribution is 2.17. The summed E-state index contributed by atoms with van der Waals surface area (Å²) in [6.07, 6.45) is -0.242. The molecule has 6 heteroatoms. The predicted octanol–water partition coefficient (Wildman–Crippen LogP) is 1.47. The zero-order chi connectivity index (χ0) is 12.8. The molecule has 1 aromatic carbocycles. The molecule has 96 valence electrons. The van der Waals surface area contributed by atoms with E-state index in [-0.39, 0.29) is 11.9 Å². The Morgan fingerprint density at radius 1 is 1.41 bits per heavy atom. The number of methoxy groups -OCH3 is 2. The largest absolute Gasteiger partial charge is 0.354 e. The van der Waals surface area contributed by atoms with Gasteiger partial charge in [0, 0.05) is 19.2 Å². The SMILES string of the molecule is COC(OC)C(Cc1cc(Cl)ccc1F)NN. The monoisotopic (exact) mass is 262 g/mol. The molecular formula is C11H16ClFN2O2. The molecule has 1 aromatic rings. The van der Waals surface area contributed by atoms with E-state index in [0.29, 0.717) is 17.0 Å². The number of hydrogen-bond donors (Lipinski definition) is 2. The summed E-state index contributed by atoms with van der Waals surface area (Å²) in [5.41, 5.74) is 3.00. The minimum Gasteiger partial charge on any atom is -0.354 e. The number of ether oxygens (including phenoxy) is 2. The molecule has 1 rings (SSSR count). The standard InChI is InChI=1S/C11H16ClFN2O2/c1-16-11(17-2)10(15-14)6-7-5-8(12)3-4-9(7)13/h3-5,10-11,15H,6,14H2,1-2H3. The molecule has 0 aliphatic carbocycles. The molecule has 1 unspecified atom stereocenters. The van der Waals surface area contributed by atoms with Crippen LogP contribution in [0.25, 0.3) is 0 Å². The normalized spacial score (nSPS) is 13.1. The summed E-state index contributed by atoms with van der Waals surface area (Å²) in [6.45, 7) is 0. The third kappa shape index (κ3) is 3.90. The fourth-order valence-electron chi connectivity index (χ4n) is 1.60. The Bertz CT molecular complexity index is 361. The summed E-state index contributed by atoms with van der Waals surface area (Å²) in [6, 6.07) is 4.01. The van der Waals surface area contributed by atoms with Crippen LogP contribution in [0.4, 0.5) is 4.39 Å². The van der Waals surface area contributed by atoms with E-state index in [1.807, 2.05) is 0 Å². The van der Waals surface area contributed by atoms with Crippen LogP contribution < -0.4 is 11.3 Å². The Morgan fingerprint density at radius 2 is 2.06 bits per heavy atom. The molecule has 3 N–H and O–H groups in total. The summed E-state index contributed by atoms with van der Waals surface area (Å²) in [7, 11) is 2.99. The maximum absolute atomic E-state index is 13.5. The second kappa shape index (κ2) is 6.88. The summed E-state index contributed by atoms with van der Waals surface area (Å²) in [5.74, 6) is 5.06. The molecule has 0 fully saturated rings. The van der Waals surface area contributed by atoms with Crippen LogP contribution in [-0.2, 0) is 15.9 Å². The molecule has 0 aliphatic rings. The first-order valence-electron chi connectivity index (χ1n) is 5.08. The number of hydrogen-bond acceptors (Lipinski definition) is 4. The zero-order valence-corrected chi connectivity index (χ0v) is 10.5. The number of rotatable bonds is 6. The molecule has 0 saturated heterocycles. The van der Waals surface area contributed by atoms with E-state index >= 15 is 0 Å². The van der Waals surface area contributed by atoms with Gasteiger partial charge in [0.25, 0.3) is 0 Å². The maximum Gasteiger partial charge on any atom is 0.173 e. The third-order valence-corrected chi connectivity index (χ3v) is 2.69. The van der Waals surface area contributed by atoms with Gasteiger partial charge in [-0.05, 0) is 30.2 Å². The van der Waals surface area contributed by atoms with Gasteiger partial charge in [-0.2, -0.15) is 0 Å². The summed E-state index contributed by atoms with van der Waals surface area (Å²) >= 11 is 5.81. The van der Waals surface area contributed by atoms with Crippen molar-refractivity contribution < 1.29 is 13.9 Å². The second-order valence-corrected chi connectivity index (χ2v) is 3.99. The van der Waals surface area contributed by atoms with Gasteiger partial charge in [0.2, 0.25) is 0 Å². The van der Waals surface area contributed by atoms with Crippen LogP contribution in [0.3, 0.4) is 0 Å². The third-order valence-electron chi connectivity index (χ3n) is 2.45. The zero-order valence-electron chi connectivity index (χ0n) is 9.74. The number of hydrazine groups is 1. The van der Waals surface area contributed by atoms with Crippen LogP contribution in [-0.4, -0.2) is 26.6 Å². The van der Waals surface area contributed by atoms with Crippen molar-refractivity contribution in [3.05, 3.63) is 34.6 Å². The van der Waals surface area contributed by atoms with E-state index in [0.717, 1.165) is 0 Å². The quantitative estimate of drug-likeness (QED) is 0.463. The lowest BCUT2D eigenvalue weighted by Gasteiger charge is -2.24. The van der Waals surface area contributed by atoms with E-state index < -0.39 is 6.29 Å². The highest BCUT2D eigenvalue weighted by Gasteiger charge is 2.21. The van der Waals surface area contributed by atoms with Crippen LogP contribution in [0.5, 0.6) is 0 Å². The fourth-order valence-corrected chi connectivity index (χ4v) is 1.79. The van der Waals surface area contributed by atoms with Crippen LogP contribution in [0, 0.1) is 5.82 Å². The van der Waals surface area contributed by atoms with E-state index in [4.69, 9.17) is 26.9 Å². The molecule has 0 amide bonds. The summed E-state index contributed by atoms with van der Waals surface area (Å²) in [4.78, 5) is 0. The van der Waals surface area contributed by atoms with Gasteiger partial charge in [-0.25, -0.2) is 4.39 Å². The molecule has 0 bridgehead atoms. The fraction of sp³-hybridized carbons (Fsp3) is 0.455. The van der Waals surface area contributed by atoms with Crippen molar-refractivity contribution in [1.29, 1.82) is 0 Å². The van der Waals surface area contributed by atoms with E-state index in [9.17, 15) is 4.39 Å². The maximum atomic E-state index is 13.5. The molecule has 0 radical (unpaired) electrons. The Morgan fingerprint density at radius 3 is 2.59 bits per heavy atom. The molecule has 1 atom stereocenters. The van der Waals surface area contributed by atoms with Crippen LogP contribution >= 0.6 is 11.6 Å². The Kier molecular flexibility index (Phi) is 5.80. The summed E-state index contributed by atoms with van der Waals surface area (Å²) in [5, 5.41) is 0.476. The smallest absolute Gasteiger partial charge is 0.173 e. The van der Waals surface area contributed by atoms with Crippen molar-refractivity contribution >= 4 is 11.6 Å². The predicted molar refractivity (Wildman–Crippen MR) is 64.0 cm³/mol. The van der Waals surface area contributed by atoms with Gasteiger partial charge >= 0.3 is 0 Å². The first-order chi connectivity index (χ1) is 8.12. The van der Waals surface area contributed by atoms with Crippen LogP contribution in [0.2, 0.25) is 5.02 Å². The van der Waals surface area contributed by atoms with Gasteiger partial charge in [-0.3, -0.25) is 11.3 Å². The van der Waals surface area contributed by atoms with E-state index in [1.165, 1.54) is 26.4 Å². The number of halogens is 2. The van der Waals surface area contributed by atoms with Gasteiger partial charge in [0.15, 0.2) is 6.29 Å². The molecule has 0 aromatic heterocycles. The second-order valence-electron chi connectivity index (χ2n) is 3.55. The van der Waals surface area contributed by atoms with Gasteiger partial charge < -0.3 is 9.47 Å². The van der Waals surface area contributed by atoms with Crippen molar-refractivity contribution in [1.82, 2.24) is 5.43 Å². The Balaban J connectivity index is 2.83. The van der Waals surface area contributed by atoms with Crippen molar-refractivity contribution in [2.75, 3.05) is 14.2 Å². The lowest BCUT2D eigenvalue weighted by Crippen LogP contribution is -2.47. The number of nitrogens with one attached hydrogen (secondary N) is 1. The average Bonchev–Trinajstić information content (AvgIpc) is 2.33. The molecular weight excluding hydrogens is 247 g/mol. The van der Waals surface area contributed by atoms with E-state index in [1.54, 1.807) is 6.07 Å². The Labute approximate surface area is 105 Å². The molecule has 0 aliphatic heterocycles. The highest BCUT2D eigenvalue weighted by atomic mass is 35.5. The van der Waals surface area contributed by atoms with Crippen LogP contribution in [0.1, 0.15) is 5.56 Å². The molecule has 17 heavy (non-hydrogen) atoms. The van der Waals surface area contributed by atoms with Crippen molar-refractivity contribution in [2.45, 2.75) is 18.8 Å².